The molecule has 96 valence electrons. The molecule has 0 saturated carbocycles. The van der Waals surface area contributed by atoms with Crippen LogP contribution in [0.3, 0.4) is 0 Å². The van der Waals surface area contributed by atoms with Crippen LogP contribution in [0.2, 0.25) is 5.02 Å². The van der Waals surface area contributed by atoms with Gasteiger partial charge in [0.1, 0.15) is 5.54 Å². The van der Waals surface area contributed by atoms with Gasteiger partial charge in [-0.05, 0) is 26.0 Å². The molecule has 0 atom stereocenters. The van der Waals surface area contributed by atoms with Gasteiger partial charge in [0, 0.05) is 26.2 Å². The zero-order chi connectivity index (χ0) is 13.2. The number of nitriles is 1. The van der Waals surface area contributed by atoms with Crippen LogP contribution in [0, 0.1) is 11.3 Å². The summed E-state index contributed by atoms with van der Waals surface area (Å²) in [5.74, 6) is 0. The number of anilines is 1. The third kappa shape index (κ3) is 2.60. The van der Waals surface area contributed by atoms with Crippen LogP contribution in [0.4, 0.5) is 5.69 Å². The Labute approximate surface area is 114 Å². The lowest BCUT2D eigenvalue weighted by atomic mass is 10.0. The van der Waals surface area contributed by atoms with Crippen molar-refractivity contribution >= 4 is 17.3 Å². The highest BCUT2D eigenvalue weighted by molar-refractivity contribution is 6.33. The summed E-state index contributed by atoms with van der Waals surface area (Å²) in [6.07, 6.45) is 0. The maximum atomic E-state index is 9.15. The minimum absolute atomic E-state index is 0.382. The Kier molecular flexibility index (Phi) is 3.79. The molecule has 0 radical (unpaired) electrons. The SMILES string of the molecule is CC(C)(C#N)N1CCN(c2ccccc2Cl)CC1. The van der Waals surface area contributed by atoms with Gasteiger partial charge in [-0.3, -0.25) is 4.90 Å². The minimum Gasteiger partial charge on any atom is -0.368 e. The highest BCUT2D eigenvalue weighted by Crippen LogP contribution is 2.27. The van der Waals surface area contributed by atoms with Gasteiger partial charge >= 0.3 is 0 Å². The van der Waals surface area contributed by atoms with E-state index in [4.69, 9.17) is 16.9 Å². The molecule has 18 heavy (non-hydrogen) atoms. The normalized spacial score (nSPS) is 17.6. The molecule has 1 aliphatic rings. The Morgan fingerprint density at radius 1 is 1.17 bits per heavy atom. The third-order valence-corrected chi connectivity index (χ3v) is 3.86. The van der Waals surface area contributed by atoms with Crippen molar-refractivity contribution in [2.75, 3.05) is 31.1 Å². The van der Waals surface area contributed by atoms with Gasteiger partial charge in [-0.2, -0.15) is 5.26 Å². The van der Waals surface area contributed by atoms with Gasteiger partial charge < -0.3 is 4.90 Å². The predicted molar refractivity (Wildman–Crippen MR) is 74.9 cm³/mol. The van der Waals surface area contributed by atoms with Crippen molar-refractivity contribution in [3.8, 4) is 6.07 Å². The number of para-hydroxylation sites is 1. The number of hydrogen-bond donors (Lipinski definition) is 0. The second-order valence-corrected chi connectivity index (χ2v) is 5.50. The van der Waals surface area contributed by atoms with Gasteiger partial charge in [-0.25, -0.2) is 0 Å². The summed E-state index contributed by atoms with van der Waals surface area (Å²) < 4.78 is 0. The molecule has 0 bridgehead atoms. The van der Waals surface area contributed by atoms with Crippen molar-refractivity contribution in [1.29, 1.82) is 5.26 Å². The van der Waals surface area contributed by atoms with Crippen LogP contribution in [-0.2, 0) is 0 Å². The number of hydrogen-bond acceptors (Lipinski definition) is 3. The molecule has 3 nitrogen and oxygen atoms in total. The first-order valence-electron chi connectivity index (χ1n) is 6.20. The van der Waals surface area contributed by atoms with Crippen molar-refractivity contribution in [3.63, 3.8) is 0 Å². The quantitative estimate of drug-likeness (QED) is 0.822. The maximum absolute atomic E-state index is 9.15. The van der Waals surface area contributed by atoms with Crippen molar-refractivity contribution in [2.45, 2.75) is 19.4 Å². The molecule has 0 aliphatic carbocycles. The zero-order valence-electron chi connectivity index (χ0n) is 10.9. The van der Waals surface area contributed by atoms with Gasteiger partial charge in [0.15, 0.2) is 0 Å². The Bertz CT molecular complexity index is 456. The fraction of sp³-hybridized carbons (Fsp3) is 0.500. The molecule has 1 aromatic carbocycles. The number of halogens is 1. The minimum atomic E-state index is -0.382. The van der Waals surface area contributed by atoms with Gasteiger partial charge in [-0.1, -0.05) is 23.7 Å². The van der Waals surface area contributed by atoms with Crippen LogP contribution in [0.15, 0.2) is 24.3 Å². The lowest BCUT2D eigenvalue weighted by molar-refractivity contribution is 0.158. The first kappa shape index (κ1) is 13.2. The lowest BCUT2D eigenvalue weighted by Gasteiger charge is -2.41. The van der Waals surface area contributed by atoms with E-state index >= 15 is 0 Å². The number of nitrogens with zero attached hydrogens (tertiary/aromatic N) is 3. The van der Waals surface area contributed by atoms with E-state index in [1.165, 1.54) is 0 Å². The first-order valence-corrected chi connectivity index (χ1v) is 6.58. The molecule has 2 rings (SSSR count). The molecule has 4 heteroatoms. The monoisotopic (exact) mass is 263 g/mol. The van der Waals surface area contributed by atoms with E-state index in [1.807, 2.05) is 38.1 Å². The molecule has 0 N–H and O–H groups in total. The number of rotatable bonds is 2. The fourth-order valence-electron chi connectivity index (χ4n) is 2.29. The highest BCUT2D eigenvalue weighted by Gasteiger charge is 2.30. The van der Waals surface area contributed by atoms with Crippen LogP contribution < -0.4 is 4.90 Å². The summed E-state index contributed by atoms with van der Waals surface area (Å²) in [6, 6.07) is 10.3. The highest BCUT2D eigenvalue weighted by atomic mass is 35.5. The lowest BCUT2D eigenvalue weighted by Crippen LogP contribution is -2.54. The molecule has 0 spiro atoms. The molecule has 0 aromatic heterocycles. The fourth-order valence-corrected chi connectivity index (χ4v) is 2.54. The molecule has 1 aliphatic heterocycles. The second kappa shape index (κ2) is 5.17. The summed E-state index contributed by atoms with van der Waals surface area (Å²) >= 11 is 6.20. The Morgan fingerprint density at radius 2 is 1.78 bits per heavy atom. The van der Waals surface area contributed by atoms with Crippen molar-refractivity contribution in [2.24, 2.45) is 0 Å². The molecule has 0 unspecified atom stereocenters. The zero-order valence-corrected chi connectivity index (χ0v) is 11.6. The van der Waals surface area contributed by atoms with Gasteiger partial charge in [-0.15, -0.1) is 0 Å². The van der Waals surface area contributed by atoms with Gasteiger partial charge in [0.25, 0.3) is 0 Å². The van der Waals surface area contributed by atoms with E-state index in [9.17, 15) is 0 Å². The number of benzene rings is 1. The topological polar surface area (TPSA) is 30.3 Å². The van der Waals surface area contributed by atoms with E-state index in [2.05, 4.69) is 15.9 Å². The van der Waals surface area contributed by atoms with E-state index in [-0.39, 0.29) is 5.54 Å². The molecular weight excluding hydrogens is 246 g/mol. The molecule has 0 amide bonds. The van der Waals surface area contributed by atoms with E-state index < -0.39 is 0 Å². The van der Waals surface area contributed by atoms with Crippen LogP contribution in [0.5, 0.6) is 0 Å². The van der Waals surface area contributed by atoms with E-state index in [0.29, 0.717) is 0 Å². The molecule has 1 fully saturated rings. The van der Waals surface area contributed by atoms with Gasteiger partial charge in [0.2, 0.25) is 0 Å². The second-order valence-electron chi connectivity index (χ2n) is 5.10. The van der Waals surface area contributed by atoms with E-state index in [1.54, 1.807) is 0 Å². The Morgan fingerprint density at radius 3 is 2.33 bits per heavy atom. The van der Waals surface area contributed by atoms with E-state index in [0.717, 1.165) is 36.9 Å². The van der Waals surface area contributed by atoms with Crippen molar-refractivity contribution in [1.82, 2.24) is 4.90 Å². The predicted octanol–water partition coefficient (Wildman–Crippen LogP) is 2.76. The summed E-state index contributed by atoms with van der Waals surface area (Å²) in [7, 11) is 0. The van der Waals surface area contributed by atoms with Crippen LogP contribution >= 0.6 is 11.6 Å². The van der Waals surface area contributed by atoms with Crippen LogP contribution in [0.25, 0.3) is 0 Å². The number of piperazine rings is 1. The maximum Gasteiger partial charge on any atom is 0.103 e. The third-order valence-electron chi connectivity index (χ3n) is 3.54. The largest absolute Gasteiger partial charge is 0.368 e. The standard InChI is InChI=1S/C14H18ClN3/c1-14(2,11-16)18-9-7-17(8-10-18)13-6-4-3-5-12(13)15/h3-6H,7-10H2,1-2H3. The average molecular weight is 264 g/mol. The Hall–Kier alpha value is -1.24. The van der Waals surface area contributed by atoms with Crippen LogP contribution in [-0.4, -0.2) is 36.6 Å². The van der Waals surface area contributed by atoms with Gasteiger partial charge in [0.05, 0.1) is 16.8 Å². The summed E-state index contributed by atoms with van der Waals surface area (Å²) in [4.78, 5) is 4.51. The Balaban J connectivity index is 2.04. The van der Waals surface area contributed by atoms with Crippen molar-refractivity contribution < 1.29 is 0 Å². The smallest absolute Gasteiger partial charge is 0.103 e. The summed E-state index contributed by atoms with van der Waals surface area (Å²) in [6.45, 7) is 7.55. The molecule has 1 aromatic rings. The van der Waals surface area contributed by atoms with Crippen molar-refractivity contribution in [3.05, 3.63) is 29.3 Å². The summed E-state index contributed by atoms with van der Waals surface area (Å²) in [5.41, 5.74) is 0.709. The molecule has 1 heterocycles. The average Bonchev–Trinajstić information content (AvgIpc) is 2.39. The summed E-state index contributed by atoms with van der Waals surface area (Å²) in [5, 5.41) is 9.94. The molecular formula is C14H18ClN3. The molecule has 1 saturated heterocycles. The first-order chi connectivity index (χ1) is 8.54. The van der Waals surface area contributed by atoms with Crippen LogP contribution in [0.1, 0.15) is 13.8 Å².